The molecule has 5 aromatic carbocycles. The third kappa shape index (κ3) is 6.44. The summed E-state index contributed by atoms with van der Waals surface area (Å²) >= 11 is 0. The van der Waals surface area contributed by atoms with Crippen LogP contribution >= 0.6 is 0 Å². The van der Waals surface area contributed by atoms with Gasteiger partial charge in [-0.2, -0.15) is 0 Å². The summed E-state index contributed by atoms with van der Waals surface area (Å²) in [6, 6.07) is 39.0. The summed E-state index contributed by atoms with van der Waals surface area (Å²) in [7, 11) is 0. The monoisotopic (exact) mass is 827 g/mol. The second-order valence-corrected chi connectivity index (χ2v) is 18.8. The second kappa shape index (κ2) is 15.7. The van der Waals surface area contributed by atoms with Gasteiger partial charge in [0.15, 0.2) is 0 Å². The normalized spacial score (nSPS) is 29.1. The number of piperidine rings is 6. The highest BCUT2D eigenvalue weighted by atomic mass is 35.5. The van der Waals surface area contributed by atoms with Gasteiger partial charge in [-0.25, -0.2) is 0 Å². The van der Waals surface area contributed by atoms with E-state index in [2.05, 4.69) is 120 Å². The van der Waals surface area contributed by atoms with E-state index in [9.17, 15) is 10.2 Å². The number of hydrogen-bond donors (Lipinski definition) is 2. The second-order valence-electron chi connectivity index (χ2n) is 18.8. The molecule has 13 rings (SSSR count). The molecule has 6 aliphatic rings. The molecule has 8 heterocycles. The highest BCUT2D eigenvalue weighted by molar-refractivity contribution is 6.05. The fourth-order valence-corrected chi connectivity index (χ4v) is 13.2. The van der Waals surface area contributed by atoms with Gasteiger partial charge in [-0.05, 0) is 68.8 Å². The molecule has 61 heavy (non-hydrogen) atoms. The number of halogens is 1. The molecule has 6 unspecified atom stereocenters. The van der Waals surface area contributed by atoms with Crippen molar-refractivity contribution in [3.05, 3.63) is 169 Å². The number of fused-ring (bicyclic) bond motifs is 10. The summed E-state index contributed by atoms with van der Waals surface area (Å²) < 4.78 is 1.68. The Labute approximate surface area is 365 Å². The largest absolute Gasteiger partial charge is 1.00 e. The van der Waals surface area contributed by atoms with Crippen molar-refractivity contribution in [2.45, 2.75) is 63.1 Å². The maximum atomic E-state index is 12.6. The first-order chi connectivity index (χ1) is 29.4. The molecule has 7 heteroatoms. The van der Waals surface area contributed by atoms with E-state index < -0.39 is 12.2 Å². The summed E-state index contributed by atoms with van der Waals surface area (Å²) in [5.74, 6) is 1.90. The Morgan fingerprint density at radius 2 is 0.902 bits per heavy atom. The minimum absolute atomic E-state index is 0. The molecule has 6 aliphatic heterocycles. The van der Waals surface area contributed by atoms with Crippen molar-refractivity contribution in [2.24, 2.45) is 23.7 Å². The number of quaternary nitrogens is 2. The van der Waals surface area contributed by atoms with Crippen molar-refractivity contribution in [3.63, 3.8) is 0 Å². The Hall–Kier alpha value is -4.95. The first-order valence-electron chi connectivity index (χ1n) is 22.3. The Kier molecular flexibility index (Phi) is 10.4. The van der Waals surface area contributed by atoms with E-state index in [1.807, 2.05) is 36.7 Å². The highest BCUT2D eigenvalue weighted by Crippen LogP contribution is 2.52. The van der Waals surface area contributed by atoms with E-state index in [0.717, 1.165) is 107 Å². The molecule has 0 saturated carbocycles. The molecule has 4 bridgehead atoms. The van der Waals surface area contributed by atoms with Crippen LogP contribution in [-0.4, -0.2) is 67.4 Å². The lowest BCUT2D eigenvalue weighted by molar-refractivity contribution is -0.984. The SMILES string of the molecule is C=CC1C[N+]2(Cc3c4ccccc4c(C[N+]45CCC(C[C@H]4[C@@H](O)c4ccnc6ccccc46)C(C=C)C5)c4ccccc34)CCC1C[C@@H]2[C@@H](O)c1ccnc2ccccc12.[Cl-]. The quantitative estimate of drug-likeness (QED) is 0.0859. The number of hydrogen-bond acceptors (Lipinski definition) is 4. The fraction of sp³-hybridized carbons (Fsp3) is 0.333. The topological polar surface area (TPSA) is 66.2 Å². The number of nitrogens with zero attached hydrogens (tertiary/aromatic N) is 4. The molecule has 0 aliphatic carbocycles. The number of aromatic nitrogens is 2. The Balaban J connectivity index is 0.00000445. The lowest BCUT2D eigenvalue weighted by atomic mass is 9.70. The molecular weight excluding hydrogens is 772 g/mol. The lowest BCUT2D eigenvalue weighted by Crippen LogP contribution is -3.00. The number of benzene rings is 5. The first-order valence-corrected chi connectivity index (χ1v) is 22.3. The molecule has 2 N–H and O–H groups in total. The maximum absolute atomic E-state index is 12.6. The van der Waals surface area contributed by atoms with E-state index in [-0.39, 0.29) is 24.5 Å². The standard InChI is InChI=1S/C54H56N4O2.ClH/c1-3-35-31-57(27-23-37(35)29-51(57)53(59)45-21-25-55-49-19-11-9-17-43(45)49)33-47-39-13-5-7-15-41(39)48(42-16-8-6-14-40(42)47)34-58-28-24-38(36(4-2)32-58)30-52(58)54(60)46-22-26-56-50-20-12-10-18-44(46)50;/h3-22,25-26,35-38,51-54,59-60H,1-2,23-24,27-34H2;1H/q+2;/p-1/t35?,36?,37?,38?,51-,52+,53-,54-,57?,58?;/m0./s1. The summed E-state index contributed by atoms with van der Waals surface area (Å²) in [4.78, 5) is 9.32. The van der Waals surface area contributed by atoms with Crippen LogP contribution in [0.15, 0.2) is 147 Å². The molecule has 6 saturated heterocycles. The predicted molar refractivity (Wildman–Crippen MR) is 243 cm³/mol. The molecular formula is C54H56ClN4O2+. The summed E-state index contributed by atoms with van der Waals surface area (Å²) in [6.45, 7) is 14.4. The Morgan fingerprint density at radius 3 is 1.28 bits per heavy atom. The zero-order valence-corrected chi connectivity index (χ0v) is 35.6. The van der Waals surface area contributed by atoms with Gasteiger partial charge in [0.2, 0.25) is 0 Å². The van der Waals surface area contributed by atoms with Crippen molar-refractivity contribution in [1.29, 1.82) is 0 Å². The summed E-state index contributed by atoms with van der Waals surface area (Å²) in [6.07, 6.45) is 11.2. The van der Waals surface area contributed by atoms with Gasteiger partial charge in [0.05, 0.1) is 37.2 Å². The van der Waals surface area contributed by atoms with Gasteiger partial charge in [-0.3, -0.25) is 9.97 Å². The maximum Gasteiger partial charge on any atom is 0.131 e. The van der Waals surface area contributed by atoms with Crippen molar-refractivity contribution in [3.8, 4) is 0 Å². The molecule has 6 nitrogen and oxygen atoms in total. The molecule has 7 aromatic rings. The van der Waals surface area contributed by atoms with Crippen LogP contribution in [0.5, 0.6) is 0 Å². The Bertz CT molecular complexity index is 2550. The van der Waals surface area contributed by atoms with E-state index in [1.54, 1.807) is 0 Å². The van der Waals surface area contributed by atoms with E-state index >= 15 is 0 Å². The number of aliphatic hydroxyl groups is 2. The summed E-state index contributed by atoms with van der Waals surface area (Å²) in [5.41, 5.74) is 6.60. The Morgan fingerprint density at radius 1 is 0.541 bits per heavy atom. The third-order valence-electron chi connectivity index (χ3n) is 16.2. The van der Waals surface area contributed by atoms with Crippen LogP contribution in [0.25, 0.3) is 43.4 Å². The van der Waals surface area contributed by atoms with Crippen LogP contribution in [0, 0.1) is 23.7 Å². The molecule has 0 amide bonds. The fourth-order valence-electron chi connectivity index (χ4n) is 13.2. The number of para-hydroxylation sites is 2. The molecule has 310 valence electrons. The molecule has 6 fully saturated rings. The van der Waals surface area contributed by atoms with Gasteiger partial charge in [0.25, 0.3) is 0 Å². The summed E-state index contributed by atoms with van der Waals surface area (Å²) in [5, 5.41) is 32.6. The zero-order valence-electron chi connectivity index (χ0n) is 34.9. The molecule has 0 spiro atoms. The van der Waals surface area contributed by atoms with Crippen molar-refractivity contribution >= 4 is 43.4 Å². The lowest BCUT2D eigenvalue weighted by Gasteiger charge is -2.58. The van der Waals surface area contributed by atoms with Crippen molar-refractivity contribution in [2.75, 3.05) is 26.2 Å². The molecule has 2 aromatic heterocycles. The van der Waals surface area contributed by atoms with Gasteiger partial charge < -0.3 is 31.6 Å². The van der Waals surface area contributed by atoms with Crippen LogP contribution in [0.3, 0.4) is 0 Å². The van der Waals surface area contributed by atoms with Crippen LogP contribution in [0.2, 0.25) is 0 Å². The number of pyridine rings is 2. The van der Waals surface area contributed by atoms with E-state index in [4.69, 9.17) is 0 Å². The van der Waals surface area contributed by atoms with Crippen LogP contribution in [0.4, 0.5) is 0 Å². The van der Waals surface area contributed by atoms with Crippen molar-refractivity contribution in [1.82, 2.24) is 9.97 Å². The van der Waals surface area contributed by atoms with E-state index in [1.165, 1.54) is 32.7 Å². The highest BCUT2D eigenvalue weighted by Gasteiger charge is 2.56. The average Bonchev–Trinajstić information content (AvgIpc) is 3.31. The van der Waals surface area contributed by atoms with Gasteiger partial charge in [0.1, 0.15) is 37.4 Å². The molecule has 10 atom stereocenters. The zero-order chi connectivity index (χ0) is 40.6. The van der Waals surface area contributed by atoms with Gasteiger partial charge in [0, 0.05) is 71.8 Å². The van der Waals surface area contributed by atoms with Crippen LogP contribution < -0.4 is 12.4 Å². The van der Waals surface area contributed by atoms with Gasteiger partial charge >= 0.3 is 0 Å². The number of rotatable bonds is 10. The van der Waals surface area contributed by atoms with Gasteiger partial charge in [-0.1, -0.05) is 97.1 Å². The van der Waals surface area contributed by atoms with Crippen molar-refractivity contribution < 1.29 is 31.6 Å². The van der Waals surface area contributed by atoms with E-state index in [0.29, 0.717) is 23.7 Å². The number of aliphatic hydroxyl groups excluding tert-OH is 2. The third-order valence-corrected chi connectivity index (χ3v) is 16.2. The smallest absolute Gasteiger partial charge is 0.131 e. The minimum Gasteiger partial charge on any atom is -1.00 e. The average molecular weight is 829 g/mol. The van der Waals surface area contributed by atoms with Crippen LogP contribution in [-0.2, 0) is 13.1 Å². The van der Waals surface area contributed by atoms with Crippen LogP contribution in [0.1, 0.15) is 60.1 Å². The molecule has 0 radical (unpaired) electrons. The predicted octanol–water partition coefficient (Wildman–Crippen LogP) is 7.38. The minimum atomic E-state index is -0.611. The first kappa shape index (κ1) is 40.1. The van der Waals surface area contributed by atoms with Gasteiger partial charge in [-0.15, -0.1) is 13.2 Å².